The van der Waals surface area contributed by atoms with Gasteiger partial charge in [-0.25, -0.2) is 4.39 Å². The van der Waals surface area contributed by atoms with E-state index in [0.29, 0.717) is 5.69 Å². The Morgan fingerprint density at radius 3 is 2.76 bits per heavy atom. The molecule has 6 nitrogen and oxygen atoms in total. The largest absolute Gasteiger partial charge is 0.336 e. The predicted molar refractivity (Wildman–Crippen MR) is 73.1 cm³/mol. The Bertz CT molecular complexity index is 676. The number of halogens is 1. The van der Waals surface area contributed by atoms with Gasteiger partial charge in [-0.05, 0) is 18.2 Å². The number of carbonyl (C=O) groups is 1. The van der Waals surface area contributed by atoms with Gasteiger partial charge in [0.1, 0.15) is 5.82 Å². The standard InChI is InChI=1S/C14H12FN3O3/c1-17(9-10-4-2-3-7-16-10)14(19)12-8-11(18(20)21)5-6-13(12)15/h2-8H,9H2,1H3. The first-order valence-electron chi connectivity index (χ1n) is 6.08. The Hall–Kier alpha value is -2.83. The number of pyridine rings is 1. The van der Waals surface area contributed by atoms with E-state index in [2.05, 4.69) is 4.98 Å². The number of nitrogens with zero attached hydrogens (tertiary/aromatic N) is 3. The van der Waals surface area contributed by atoms with Gasteiger partial charge in [-0.3, -0.25) is 19.9 Å². The van der Waals surface area contributed by atoms with E-state index < -0.39 is 16.6 Å². The van der Waals surface area contributed by atoms with Crippen molar-refractivity contribution in [2.75, 3.05) is 7.05 Å². The maximum atomic E-state index is 13.7. The molecule has 0 aliphatic heterocycles. The Labute approximate surface area is 120 Å². The first kappa shape index (κ1) is 14.6. The van der Waals surface area contributed by atoms with E-state index in [-0.39, 0.29) is 17.8 Å². The van der Waals surface area contributed by atoms with Gasteiger partial charge in [0, 0.05) is 25.4 Å². The molecule has 0 N–H and O–H groups in total. The highest BCUT2D eigenvalue weighted by Crippen LogP contribution is 2.18. The molecule has 0 atom stereocenters. The van der Waals surface area contributed by atoms with Crippen molar-refractivity contribution in [1.29, 1.82) is 0 Å². The van der Waals surface area contributed by atoms with Gasteiger partial charge in [0.15, 0.2) is 0 Å². The lowest BCUT2D eigenvalue weighted by atomic mass is 10.1. The third-order valence-corrected chi connectivity index (χ3v) is 2.86. The minimum atomic E-state index is -0.793. The molecule has 0 fully saturated rings. The van der Waals surface area contributed by atoms with E-state index in [1.165, 1.54) is 11.9 Å². The third-order valence-electron chi connectivity index (χ3n) is 2.86. The monoisotopic (exact) mass is 289 g/mol. The Kier molecular flexibility index (Phi) is 4.22. The predicted octanol–water partition coefficient (Wildman–Crippen LogP) is 2.40. The summed E-state index contributed by atoms with van der Waals surface area (Å²) in [6.45, 7) is 0.182. The number of non-ortho nitro benzene ring substituents is 1. The Balaban J connectivity index is 2.23. The van der Waals surface area contributed by atoms with Crippen molar-refractivity contribution in [3.63, 3.8) is 0 Å². The molecule has 0 spiro atoms. The zero-order chi connectivity index (χ0) is 15.4. The van der Waals surface area contributed by atoms with Crippen LogP contribution in [0.5, 0.6) is 0 Å². The summed E-state index contributed by atoms with van der Waals surface area (Å²) in [4.78, 5) is 27.5. The summed E-state index contributed by atoms with van der Waals surface area (Å²) >= 11 is 0. The maximum Gasteiger partial charge on any atom is 0.270 e. The molecule has 1 heterocycles. The SMILES string of the molecule is CN(Cc1ccccn1)C(=O)c1cc([N+](=O)[O-])ccc1F. The quantitative estimate of drug-likeness (QED) is 0.639. The highest BCUT2D eigenvalue weighted by Gasteiger charge is 2.20. The van der Waals surface area contributed by atoms with Crippen molar-refractivity contribution in [3.05, 3.63) is 69.8 Å². The van der Waals surface area contributed by atoms with Crippen LogP contribution in [-0.2, 0) is 6.54 Å². The van der Waals surface area contributed by atoms with E-state index >= 15 is 0 Å². The van der Waals surface area contributed by atoms with Gasteiger partial charge in [-0.15, -0.1) is 0 Å². The maximum absolute atomic E-state index is 13.7. The number of hydrogen-bond donors (Lipinski definition) is 0. The van der Waals surface area contributed by atoms with Gasteiger partial charge in [0.25, 0.3) is 11.6 Å². The molecule has 0 saturated heterocycles. The summed E-state index contributed by atoms with van der Waals surface area (Å²) in [5.74, 6) is -1.43. The lowest BCUT2D eigenvalue weighted by molar-refractivity contribution is -0.384. The minimum Gasteiger partial charge on any atom is -0.336 e. The van der Waals surface area contributed by atoms with E-state index in [0.717, 1.165) is 18.2 Å². The average molecular weight is 289 g/mol. The van der Waals surface area contributed by atoms with Crippen LogP contribution in [0, 0.1) is 15.9 Å². The van der Waals surface area contributed by atoms with Crippen LogP contribution in [0.3, 0.4) is 0 Å². The minimum absolute atomic E-state index is 0.182. The first-order valence-corrected chi connectivity index (χ1v) is 6.08. The molecule has 0 aliphatic carbocycles. The molecule has 1 amide bonds. The smallest absolute Gasteiger partial charge is 0.270 e. The van der Waals surface area contributed by atoms with Crippen molar-refractivity contribution >= 4 is 11.6 Å². The second-order valence-electron chi connectivity index (χ2n) is 4.40. The van der Waals surface area contributed by atoms with Crippen molar-refractivity contribution < 1.29 is 14.1 Å². The van der Waals surface area contributed by atoms with Gasteiger partial charge < -0.3 is 4.90 Å². The van der Waals surface area contributed by atoms with Crippen LogP contribution in [0.15, 0.2) is 42.6 Å². The lowest BCUT2D eigenvalue weighted by Gasteiger charge is -2.17. The van der Waals surface area contributed by atoms with Crippen LogP contribution in [-0.4, -0.2) is 27.8 Å². The molecule has 7 heteroatoms. The van der Waals surface area contributed by atoms with Crippen LogP contribution >= 0.6 is 0 Å². The van der Waals surface area contributed by atoms with Crippen LogP contribution in [0.1, 0.15) is 16.1 Å². The molecule has 0 aliphatic rings. The molecule has 108 valence electrons. The fourth-order valence-corrected chi connectivity index (χ4v) is 1.80. The number of amides is 1. The van der Waals surface area contributed by atoms with Crippen LogP contribution in [0.2, 0.25) is 0 Å². The molecule has 0 bridgehead atoms. The highest BCUT2D eigenvalue weighted by molar-refractivity contribution is 5.94. The number of carbonyl (C=O) groups excluding carboxylic acids is 1. The van der Waals surface area contributed by atoms with E-state index in [9.17, 15) is 19.3 Å². The first-order chi connectivity index (χ1) is 9.99. The van der Waals surface area contributed by atoms with Crippen LogP contribution in [0.25, 0.3) is 0 Å². The average Bonchev–Trinajstić information content (AvgIpc) is 2.47. The van der Waals surface area contributed by atoms with Crippen molar-refractivity contribution in [3.8, 4) is 0 Å². The molecule has 0 radical (unpaired) electrons. The summed E-state index contributed by atoms with van der Waals surface area (Å²) < 4.78 is 13.7. The summed E-state index contributed by atoms with van der Waals surface area (Å²) in [5.41, 5.74) is -0.0205. The molecule has 0 unspecified atom stereocenters. The van der Waals surface area contributed by atoms with Gasteiger partial charge in [0.2, 0.25) is 0 Å². The second kappa shape index (κ2) is 6.08. The zero-order valence-electron chi connectivity index (χ0n) is 11.2. The van der Waals surface area contributed by atoms with E-state index in [1.54, 1.807) is 24.4 Å². The van der Waals surface area contributed by atoms with Crippen molar-refractivity contribution in [1.82, 2.24) is 9.88 Å². The Morgan fingerprint density at radius 1 is 1.38 bits per heavy atom. The van der Waals surface area contributed by atoms with Gasteiger partial charge in [-0.2, -0.15) is 0 Å². The molecule has 21 heavy (non-hydrogen) atoms. The summed E-state index contributed by atoms with van der Waals surface area (Å²) in [6, 6.07) is 8.12. The summed E-state index contributed by atoms with van der Waals surface area (Å²) in [6.07, 6.45) is 1.58. The van der Waals surface area contributed by atoms with Crippen molar-refractivity contribution in [2.45, 2.75) is 6.54 Å². The fraction of sp³-hybridized carbons (Fsp3) is 0.143. The normalized spacial score (nSPS) is 10.2. The van der Waals surface area contributed by atoms with Gasteiger partial charge in [-0.1, -0.05) is 6.07 Å². The molecule has 2 rings (SSSR count). The molecule has 2 aromatic rings. The lowest BCUT2D eigenvalue weighted by Crippen LogP contribution is -2.27. The number of nitro benzene ring substituents is 1. The molecule has 1 aromatic carbocycles. The van der Waals surface area contributed by atoms with Gasteiger partial charge >= 0.3 is 0 Å². The number of nitro groups is 1. The van der Waals surface area contributed by atoms with Crippen molar-refractivity contribution in [2.24, 2.45) is 0 Å². The fourth-order valence-electron chi connectivity index (χ4n) is 1.80. The molecule has 0 saturated carbocycles. The summed E-state index contributed by atoms with van der Waals surface area (Å²) in [5, 5.41) is 10.7. The highest BCUT2D eigenvalue weighted by atomic mass is 19.1. The summed E-state index contributed by atoms with van der Waals surface area (Å²) in [7, 11) is 1.48. The molecular formula is C14H12FN3O3. The zero-order valence-corrected chi connectivity index (χ0v) is 11.2. The van der Waals surface area contributed by atoms with Gasteiger partial charge in [0.05, 0.1) is 22.7 Å². The topological polar surface area (TPSA) is 76.3 Å². The number of hydrogen-bond acceptors (Lipinski definition) is 4. The van der Waals surface area contributed by atoms with E-state index in [4.69, 9.17) is 0 Å². The number of benzene rings is 1. The molecular weight excluding hydrogens is 277 g/mol. The van der Waals surface area contributed by atoms with Crippen LogP contribution in [0.4, 0.5) is 10.1 Å². The number of aromatic nitrogens is 1. The molecule has 1 aromatic heterocycles. The third kappa shape index (κ3) is 3.38. The van der Waals surface area contributed by atoms with E-state index in [1.807, 2.05) is 0 Å². The van der Waals surface area contributed by atoms with Crippen LogP contribution < -0.4 is 0 Å². The number of rotatable bonds is 4. The Morgan fingerprint density at radius 2 is 2.14 bits per heavy atom. The second-order valence-corrected chi connectivity index (χ2v) is 4.40.